The Hall–Kier alpha value is -1.26. The lowest BCUT2D eigenvalue weighted by Gasteiger charge is -2.31. The van der Waals surface area contributed by atoms with E-state index in [2.05, 4.69) is 30.1 Å². The number of benzene rings is 1. The average molecular weight is 485 g/mol. The summed E-state index contributed by atoms with van der Waals surface area (Å²) in [4.78, 5) is 3.68. The van der Waals surface area contributed by atoms with Gasteiger partial charge in [-0.25, -0.2) is 16.8 Å². The minimum Gasteiger partial charge on any atom is -0.310 e. The van der Waals surface area contributed by atoms with E-state index < -0.39 is 31.0 Å². The van der Waals surface area contributed by atoms with Crippen LogP contribution in [-0.4, -0.2) is 64.2 Å². The van der Waals surface area contributed by atoms with Crippen molar-refractivity contribution in [3.05, 3.63) is 52.2 Å². The third kappa shape index (κ3) is 5.57. The number of likely N-dealkylation sites (N-methyl/N-ethyl adjacent to an activating group) is 1. The molecular weight excluding hydrogens is 452 g/mol. The molecule has 1 aliphatic rings. The van der Waals surface area contributed by atoms with Crippen molar-refractivity contribution in [1.82, 2.24) is 10.2 Å². The van der Waals surface area contributed by atoms with Crippen molar-refractivity contribution >= 4 is 31.0 Å². The van der Waals surface area contributed by atoms with E-state index in [4.69, 9.17) is 0 Å². The highest BCUT2D eigenvalue weighted by molar-refractivity contribution is 7.96. The maximum atomic E-state index is 13.3. The predicted molar refractivity (Wildman–Crippen MR) is 127 cm³/mol. The number of nitrogens with one attached hydrogen (secondary N) is 1. The normalized spacial score (nSPS) is 22.1. The molecule has 172 valence electrons. The Morgan fingerprint density at radius 1 is 1.10 bits per heavy atom. The highest BCUT2D eigenvalue weighted by Crippen LogP contribution is 2.28. The fourth-order valence-corrected chi connectivity index (χ4v) is 9.80. The van der Waals surface area contributed by atoms with E-state index in [1.54, 1.807) is 35.6 Å². The molecule has 1 aliphatic heterocycles. The molecule has 0 saturated carbocycles. The zero-order chi connectivity index (χ0) is 22.6. The molecule has 3 atom stereocenters. The van der Waals surface area contributed by atoms with Gasteiger partial charge in [-0.15, -0.1) is 11.3 Å². The molecule has 1 fully saturated rings. The standard InChI is InChI=1S/C22H32N2O4S3/c1-4-17-9-11-18(12-10-17)31(27,28)22-16-30(25,26)15-19(22)23-14-20(24(5-2)6-3)21-8-7-13-29-21/h7-13,19-20,22-23H,4-6,14-16H2,1-3H3/t19-,20?,22-/m0/s1. The molecule has 1 unspecified atom stereocenters. The Morgan fingerprint density at radius 2 is 1.77 bits per heavy atom. The molecule has 0 spiro atoms. The summed E-state index contributed by atoms with van der Waals surface area (Å²) >= 11 is 1.66. The number of sulfone groups is 2. The van der Waals surface area contributed by atoms with E-state index in [1.165, 1.54) is 4.88 Å². The topological polar surface area (TPSA) is 83.5 Å². The van der Waals surface area contributed by atoms with Gasteiger partial charge in [0.15, 0.2) is 19.7 Å². The van der Waals surface area contributed by atoms with Gasteiger partial charge < -0.3 is 5.32 Å². The number of rotatable bonds is 10. The smallest absolute Gasteiger partial charge is 0.183 e. The molecule has 1 aromatic carbocycles. The van der Waals surface area contributed by atoms with Crippen LogP contribution in [0, 0.1) is 0 Å². The van der Waals surface area contributed by atoms with Crippen LogP contribution >= 0.6 is 11.3 Å². The Morgan fingerprint density at radius 3 is 2.32 bits per heavy atom. The molecule has 31 heavy (non-hydrogen) atoms. The van der Waals surface area contributed by atoms with Gasteiger partial charge in [0.25, 0.3) is 0 Å². The van der Waals surface area contributed by atoms with Crippen LogP contribution in [0.2, 0.25) is 0 Å². The number of aryl methyl sites for hydroxylation is 1. The molecule has 0 radical (unpaired) electrons. The molecule has 9 heteroatoms. The summed E-state index contributed by atoms with van der Waals surface area (Å²) in [6, 6.07) is 10.3. The van der Waals surface area contributed by atoms with Crippen LogP contribution in [0.4, 0.5) is 0 Å². The fraction of sp³-hybridized carbons (Fsp3) is 0.545. The van der Waals surface area contributed by atoms with Crippen molar-refractivity contribution in [3.8, 4) is 0 Å². The van der Waals surface area contributed by atoms with E-state index >= 15 is 0 Å². The van der Waals surface area contributed by atoms with E-state index in [-0.39, 0.29) is 22.4 Å². The lowest BCUT2D eigenvalue weighted by molar-refractivity contribution is 0.212. The summed E-state index contributed by atoms with van der Waals surface area (Å²) in [5.74, 6) is -0.489. The summed E-state index contributed by atoms with van der Waals surface area (Å²) < 4.78 is 51.6. The second-order valence-electron chi connectivity index (χ2n) is 7.93. The van der Waals surface area contributed by atoms with Crippen molar-refractivity contribution in [2.24, 2.45) is 0 Å². The molecule has 1 N–H and O–H groups in total. The monoisotopic (exact) mass is 484 g/mol. The molecule has 1 saturated heterocycles. The second-order valence-corrected chi connectivity index (χ2v) is 13.2. The van der Waals surface area contributed by atoms with Gasteiger partial charge >= 0.3 is 0 Å². The highest BCUT2D eigenvalue weighted by Gasteiger charge is 2.45. The first-order chi connectivity index (χ1) is 14.7. The number of nitrogens with zero attached hydrogens (tertiary/aromatic N) is 1. The van der Waals surface area contributed by atoms with Crippen LogP contribution in [-0.2, 0) is 26.1 Å². The Balaban J connectivity index is 1.84. The lowest BCUT2D eigenvalue weighted by atomic mass is 10.1. The van der Waals surface area contributed by atoms with Gasteiger partial charge in [-0.3, -0.25) is 4.90 Å². The molecule has 2 heterocycles. The van der Waals surface area contributed by atoms with Crippen LogP contribution in [0.15, 0.2) is 46.7 Å². The molecule has 2 aromatic rings. The van der Waals surface area contributed by atoms with Crippen molar-refractivity contribution in [2.45, 2.75) is 49.4 Å². The van der Waals surface area contributed by atoms with E-state index in [9.17, 15) is 16.8 Å². The third-order valence-electron chi connectivity index (χ3n) is 6.06. The lowest BCUT2D eigenvalue weighted by Crippen LogP contribution is -2.46. The highest BCUT2D eigenvalue weighted by atomic mass is 32.2. The van der Waals surface area contributed by atoms with Crippen molar-refractivity contribution in [3.63, 3.8) is 0 Å². The summed E-state index contributed by atoms with van der Waals surface area (Å²) in [5, 5.41) is 4.38. The summed E-state index contributed by atoms with van der Waals surface area (Å²) in [6.45, 7) is 8.41. The van der Waals surface area contributed by atoms with Crippen LogP contribution in [0.3, 0.4) is 0 Å². The van der Waals surface area contributed by atoms with Gasteiger partial charge in [-0.2, -0.15) is 0 Å². The molecule has 1 aromatic heterocycles. The van der Waals surface area contributed by atoms with Crippen molar-refractivity contribution in [2.75, 3.05) is 31.1 Å². The first kappa shape index (κ1) is 24.4. The molecule has 0 amide bonds. The predicted octanol–water partition coefficient (Wildman–Crippen LogP) is 2.92. The van der Waals surface area contributed by atoms with Gasteiger partial charge in [-0.1, -0.05) is 39.0 Å². The van der Waals surface area contributed by atoms with Crippen LogP contribution in [0.1, 0.15) is 37.3 Å². The fourth-order valence-electron chi connectivity index (χ4n) is 4.22. The first-order valence-electron chi connectivity index (χ1n) is 10.8. The Labute approximate surface area is 190 Å². The van der Waals surface area contributed by atoms with Gasteiger partial charge in [0.2, 0.25) is 0 Å². The van der Waals surface area contributed by atoms with Crippen LogP contribution in [0.5, 0.6) is 0 Å². The van der Waals surface area contributed by atoms with E-state index in [0.717, 1.165) is 25.1 Å². The third-order valence-corrected chi connectivity index (χ3v) is 11.2. The molecule has 3 rings (SSSR count). The van der Waals surface area contributed by atoms with Crippen LogP contribution in [0.25, 0.3) is 0 Å². The number of hydrogen-bond acceptors (Lipinski definition) is 7. The summed E-state index contributed by atoms with van der Waals surface area (Å²) in [5.41, 5.74) is 1.05. The van der Waals surface area contributed by atoms with Gasteiger partial charge in [0.05, 0.1) is 27.7 Å². The van der Waals surface area contributed by atoms with Gasteiger partial charge in [0.1, 0.15) is 0 Å². The Bertz CT molecular complexity index is 1040. The maximum Gasteiger partial charge on any atom is 0.183 e. The Kier molecular flexibility index (Phi) is 7.96. The summed E-state index contributed by atoms with van der Waals surface area (Å²) in [7, 11) is -7.20. The zero-order valence-electron chi connectivity index (χ0n) is 18.3. The van der Waals surface area contributed by atoms with E-state index in [1.807, 2.05) is 18.4 Å². The molecule has 6 nitrogen and oxygen atoms in total. The van der Waals surface area contributed by atoms with Gasteiger partial charge in [-0.05, 0) is 48.7 Å². The molecule has 0 bridgehead atoms. The maximum absolute atomic E-state index is 13.3. The zero-order valence-corrected chi connectivity index (χ0v) is 20.8. The molecular formula is C22H32N2O4S3. The minimum absolute atomic E-state index is 0.0745. The average Bonchev–Trinajstić information content (AvgIpc) is 3.39. The first-order valence-corrected chi connectivity index (χ1v) is 15.0. The van der Waals surface area contributed by atoms with Gasteiger partial charge in [0, 0.05) is 17.5 Å². The SMILES string of the molecule is CCc1ccc(S(=O)(=O)[C@H]2CS(=O)(=O)C[C@@H]2NCC(c2cccs2)N(CC)CC)cc1. The van der Waals surface area contributed by atoms with E-state index in [0.29, 0.717) is 6.54 Å². The van der Waals surface area contributed by atoms with Crippen molar-refractivity contribution in [1.29, 1.82) is 0 Å². The largest absolute Gasteiger partial charge is 0.310 e. The number of thiophene rings is 1. The minimum atomic E-state index is -3.77. The quantitative estimate of drug-likeness (QED) is 0.558. The van der Waals surface area contributed by atoms with Crippen LogP contribution < -0.4 is 5.32 Å². The molecule has 0 aliphatic carbocycles. The summed E-state index contributed by atoms with van der Waals surface area (Å²) in [6.07, 6.45) is 0.817. The van der Waals surface area contributed by atoms with Crippen molar-refractivity contribution < 1.29 is 16.8 Å². The number of hydrogen-bond donors (Lipinski definition) is 1. The second kappa shape index (κ2) is 10.1.